The van der Waals surface area contributed by atoms with Gasteiger partial charge in [0.15, 0.2) is 11.9 Å². The van der Waals surface area contributed by atoms with E-state index in [9.17, 15) is 19.5 Å². The molecule has 9 heteroatoms. The number of carbonyl (C=O) groups excluding carboxylic acids is 2. The van der Waals surface area contributed by atoms with Gasteiger partial charge in [0.05, 0.1) is 11.5 Å². The van der Waals surface area contributed by atoms with E-state index in [-0.39, 0.29) is 23.3 Å². The SMILES string of the molecule is Cc1cc(NC(=O)CSCC(=O)N2CCc3ccccc3C2C(=O)O)no1. The first-order chi connectivity index (χ1) is 13.0. The van der Waals surface area contributed by atoms with Crippen molar-refractivity contribution in [1.29, 1.82) is 0 Å². The molecule has 142 valence electrons. The Morgan fingerprint density at radius 3 is 2.81 bits per heavy atom. The van der Waals surface area contributed by atoms with Gasteiger partial charge in [-0.15, -0.1) is 11.8 Å². The number of hydrogen-bond donors (Lipinski definition) is 2. The van der Waals surface area contributed by atoms with Gasteiger partial charge in [0, 0.05) is 12.6 Å². The molecule has 1 unspecified atom stereocenters. The average molecular weight is 389 g/mol. The van der Waals surface area contributed by atoms with Gasteiger partial charge in [-0.2, -0.15) is 0 Å². The van der Waals surface area contributed by atoms with Crippen molar-refractivity contribution in [2.45, 2.75) is 19.4 Å². The predicted octanol–water partition coefficient (Wildman–Crippen LogP) is 1.87. The molecule has 0 spiro atoms. The summed E-state index contributed by atoms with van der Waals surface area (Å²) in [6.07, 6.45) is 0.613. The largest absolute Gasteiger partial charge is 0.479 e. The Labute approximate surface area is 159 Å². The number of carboxylic acids is 1. The molecule has 1 aromatic heterocycles. The van der Waals surface area contributed by atoms with E-state index in [0.29, 0.717) is 30.1 Å². The average Bonchev–Trinajstić information content (AvgIpc) is 3.05. The zero-order valence-corrected chi connectivity index (χ0v) is 15.5. The minimum Gasteiger partial charge on any atom is -0.479 e. The standard InChI is InChI=1S/C18H19N3O5S/c1-11-8-14(20-26-11)19-15(22)9-27-10-16(23)21-7-6-12-4-2-3-5-13(12)17(21)18(24)25/h2-5,8,17H,6-7,9-10H2,1H3,(H,24,25)(H,19,20,22). The van der Waals surface area contributed by atoms with Crippen LogP contribution in [0, 0.1) is 6.92 Å². The van der Waals surface area contributed by atoms with Crippen LogP contribution >= 0.6 is 11.8 Å². The van der Waals surface area contributed by atoms with Crippen LogP contribution in [-0.2, 0) is 20.8 Å². The van der Waals surface area contributed by atoms with Crippen molar-refractivity contribution in [1.82, 2.24) is 10.1 Å². The summed E-state index contributed by atoms with van der Waals surface area (Å²) in [4.78, 5) is 37.5. The van der Waals surface area contributed by atoms with E-state index in [1.54, 1.807) is 25.1 Å². The molecule has 0 radical (unpaired) electrons. The molecule has 0 bridgehead atoms. The topological polar surface area (TPSA) is 113 Å². The van der Waals surface area contributed by atoms with Gasteiger partial charge in [-0.25, -0.2) is 4.79 Å². The number of nitrogens with one attached hydrogen (secondary N) is 1. The highest BCUT2D eigenvalue weighted by molar-refractivity contribution is 8.00. The maximum absolute atomic E-state index is 12.5. The first-order valence-electron chi connectivity index (χ1n) is 8.36. The lowest BCUT2D eigenvalue weighted by atomic mass is 9.92. The van der Waals surface area contributed by atoms with Gasteiger partial charge in [0.25, 0.3) is 0 Å². The van der Waals surface area contributed by atoms with Crippen molar-refractivity contribution in [3.05, 3.63) is 47.2 Å². The number of thioether (sulfide) groups is 1. The molecule has 1 aromatic carbocycles. The van der Waals surface area contributed by atoms with Crippen molar-refractivity contribution < 1.29 is 24.0 Å². The molecule has 0 saturated heterocycles. The van der Waals surface area contributed by atoms with E-state index >= 15 is 0 Å². The summed E-state index contributed by atoms with van der Waals surface area (Å²) in [5, 5.41) is 15.8. The molecule has 0 saturated carbocycles. The van der Waals surface area contributed by atoms with Gasteiger partial charge in [0.1, 0.15) is 5.76 Å². The van der Waals surface area contributed by atoms with E-state index in [1.807, 2.05) is 12.1 Å². The van der Waals surface area contributed by atoms with Gasteiger partial charge in [0.2, 0.25) is 11.8 Å². The monoisotopic (exact) mass is 389 g/mol. The van der Waals surface area contributed by atoms with Gasteiger partial charge in [-0.1, -0.05) is 29.4 Å². The highest BCUT2D eigenvalue weighted by Crippen LogP contribution is 2.30. The summed E-state index contributed by atoms with van der Waals surface area (Å²) < 4.78 is 4.86. The van der Waals surface area contributed by atoms with Crippen molar-refractivity contribution in [3.63, 3.8) is 0 Å². The molecule has 27 heavy (non-hydrogen) atoms. The molecule has 0 aliphatic carbocycles. The van der Waals surface area contributed by atoms with Crippen LogP contribution in [0.4, 0.5) is 5.82 Å². The highest BCUT2D eigenvalue weighted by atomic mass is 32.2. The molecule has 1 aliphatic rings. The minimum absolute atomic E-state index is 0.0250. The highest BCUT2D eigenvalue weighted by Gasteiger charge is 2.35. The molecule has 1 aliphatic heterocycles. The Balaban J connectivity index is 1.56. The molecule has 3 rings (SSSR count). The molecular formula is C18H19N3O5S. The Hall–Kier alpha value is -2.81. The Bertz CT molecular complexity index is 866. The fourth-order valence-electron chi connectivity index (χ4n) is 3.02. The number of carboxylic acid groups (broad SMARTS) is 1. The van der Waals surface area contributed by atoms with Gasteiger partial charge >= 0.3 is 5.97 Å². The van der Waals surface area contributed by atoms with Crippen molar-refractivity contribution >= 4 is 35.4 Å². The van der Waals surface area contributed by atoms with E-state index < -0.39 is 12.0 Å². The lowest BCUT2D eigenvalue weighted by Crippen LogP contribution is -2.44. The Morgan fingerprint density at radius 2 is 2.11 bits per heavy atom. The number of fused-ring (bicyclic) bond motifs is 1. The van der Waals surface area contributed by atoms with E-state index in [2.05, 4.69) is 10.5 Å². The first-order valence-corrected chi connectivity index (χ1v) is 9.52. The Kier molecular flexibility index (Phi) is 5.80. The summed E-state index contributed by atoms with van der Waals surface area (Å²) in [6.45, 7) is 2.06. The molecule has 8 nitrogen and oxygen atoms in total. The number of benzene rings is 1. The Morgan fingerprint density at radius 1 is 1.33 bits per heavy atom. The van der Waals surface area contributed by atoms with Crippen LogP contribution in [0.1, 0.15) is 22.9 Å². The van der Waals surface area contributed by atoms with Crippen LogP contribution in [0.5, 0.6) is 0 Å². The zero-order chi connectivity index (χ0) is 19.4. The third-order valence-electron chi connectivity index (χ3n) is 4.19. The summed E-state index contributed by atoms with van der Waals surface area (Å²) in [6, 6.07) is 7.87. The van der Waals surface area contributed by atoms with Gasteiger partial charge in [-0.3, -0.25) is 9.59 Å². The van der Waals surface area contributed by atoms with Crippen LogP contribution in [0.25, 0.3) is 0 Å². The zero-order valence-electron chi connectivity index (χ0n) is 14.7. The smallest absolute Gasteiger partial charge is 0.331 e. The molecule has 2 N–H and O–H groups in total. The fourth-order valence-corrected chi connectivity index (χ4v) is 3.72. The molecule has 1 atom stereocenters. The molecule has 2 amide bonds. The number of aryl methyl sites for hydroxylation is 1. The number of anilines is 1. The van der Waals surface area contributed by atoms with E-state index in [1.165, 1.54) is 4.90 Å². The number of nitrogens with zero attached hydrogens (tertiary/aromatic N) is 2. The summed E-state index contributed by atoms with van der Waals surface area (Å²) >= 11 is 1.13. The lowest BCUT2D eigenvalue weighted by Gasteiger charge is -2.34. The van der Waals surface area contributed by atoms with Gasteiger partial charge in [-0.05, 0) is 24.5 Å². The number of aliphatic carboxylic acids is 1. The third-order valence-corrected chi connectivity index (χ3v) is 5.11. The third kappa shape index (κ3) is 4.48. The maximum atomic E-state index is 12.5. The number of aromatic nitrogens is 1. The van der Waals surface area contributed by atoms with Crippen LogP contribution in [0.3, 0.4) is 0 Å². The maximum Gasteiger partial charge on any atom is 0.331 e. The number of hydrogen-bond acceptors (Lipinski definition) is 6. The first kappa shape index (κ1) is 19.0. The van der Waals surface area contributed by atoms with Crippen LogP contribution in [0.15, 0.2) is 34.9 Å². The second-order valence-corrected chi connectivity index (χ2v) is 7.13. The van der Waals surface area contributed by atoms with E-state index in [4.69, 9.17) is 4.52 Å². The number of rotatable bonds is 6. The van der Waals surface area contributed by atoms with Crippen molar-refractivity contribution in [2.75, 3.05) is 23.4 Å². The number of carbonyl (C=O) groups is 3. The predicted molar refractivity (Wildman–Crippen MR) is 99.4 cm³/mol. The normalized spacial score (nSPS) is 15.9. The van der Waals surface area contributed by atoms with Crippen LogP contribution in [0.2, 0.25) is 0 Å². The van der Waals surface area contributed by atoms with Crippen LogP contribution < -0.4 is 5.32 Å². The van der Waals surface area contributed by atoms with Crippen molar-refractivity contribution in [2.24, 2.45) is 0 Å². The molecule has 2 aromatic rings. The van der Waals surface area contributed by atoms with E-state index in [0.717, 1.165) is 17.3 Å². The van der Waals surface area contributed by atoms with Gasteiger partial charge < -0.3 is 19.8 Å². The summed E-state index contributed by atoms with van der Waals surface area (Å²) in [5.74, 6) is -0.676. The summed E-state index contributed by atoms with van der Waals surface area (Å²) in [5.41, 5.74) is 1.60. The second kappa shape index (κ2) is 8.26. The lowest BCUT2D eigenvalue weighted by molar-refractivity contribution is -0.150. The molecule has 2 heterocycles. The number of amides is 2. The quantitative estimate of drug-likeness (QED) is 0.775. The summed E-state index contributed by atoms with van der Waals surface area (Å²) in [7, 11) is 0. The molecule has 0 fully saturated rings. The van der Waals surface area contributed by atoms with Crippen LogP contribution in [-0.4, -0.2) is 51.0 Å². The van der Waals surface area contributed by atoms with Crippen molar-refractivity contribution in [3.8, 4) is 0 Å². The molecular weight excluding hydrogens is 370 g/mol. The minimum atomic E-state index is -1.06. The fraction of sp³-hybridized carbons (Fsp3) is 0.333. The second-order valence-electron chi connectivity index (χ2n) is 6.14.